The zero-order chi connectivity index (χ0) is 32.8. The molecule has 4 rings (SSSR count). The standard InChI is InChI=1S/C22H15ClN5O13PS2/c23-11-1-6-14(15(9-11)42(33,34)35)25-27-20-17(44(39,40)41)8-10-7-16(43(36,37)38)19(21(29)18(10)22(20)30)26-24-12-2-4-13(5-3-12)28(31)32/h1-9,29-30H,(H2,33,34,35)(H,36,37,38)(H,39,40,41). The SMILES string of the molecule is O=[N+]([O-])c1ccc(N=Nc2c(S(=O)(=O)O)cc3cc(S(=O)(=O)O)c(N=Nc4ccc(Cl)cc4P(=O)(O)O)c(O)c3c2O)cc1. The van der Waals surface area contributed by atoms with Crippen molar-refractivity contribution in [2.24, 2.45) is 20.5 Å². The van der Waals surface area contributed by atoms with E-state index in [0.29, 0.717) is 12.1 Å². The number of halogens is 1. The number of nitro groups is 1. The third kappa shape index (κ3) is 6.72. The Labute approximate surface area is 250 Å². The van der Waals surface area contributed by atoms with Crippen LogP contribution in [0, 0.1) is 10.1 Å². The Morgan fingerprint density at radius 1 is 0.773 bits per heavy atom. The highest BCUT2D eigenvalue weighted by Crippen LogP contribution is 2.50. The van der Waals surface area contributed by atoms with E-state index in [1.165, 1.54) is 0 Å². The number of nitrogens with zero attached hydrogens (tertiary/aromatic N) is 5. The summed E-state index contributed by atoms with van der Waals surface area (Å²) >= 11 is 5.78. The van der Waals surface area contributed by atoms with E-state index in [9.17, 15) is 60.6 Å². The number of aromatic hydroxyl groups is 2. The summed E-state index contributed by atoms with van der Waals surface area (Å²) < 4.78 is 80.1. The normalized spacial score (nSPS) is 12.8. The van der Waals surface area contributed by atoms with E-state index in [1.807, 2.05) is 0 Å². The lowest BCUT2D eigenvalue weighted by Gasteiger charge is -2.13. The van der Waals surface area contributed by atoms with Crippen LogP contribution in [0.4, 0.5) is 28.4 Å². The van der Waals surface area contributed by atoms with E-state index in [-0.39, 0.29) is 16.4 Å². The minimum absolute atomic E-state index is 0.0827. The molecule has 0 aliphatic rings. The smallest absolute Gasteiger partial charge is 0.358 e. The molecule has 0 atom stereocenters. The molecule has 22 heteroatoms. The van der Waals surface area contributed by atoms with E-state index < -0.39 is 87.2 Å². The van der Waals surface area contributed by atoms with Gasteiger partial charge in [0.05, 0.1) is 21.3 Å². The quantitative estimate of drug-likeness (QED) is 0.0470. The second kappa shape index (κ2) is 11.6. The van der Waals surface area contributed by atoms with Crippen molar-refractivity contribution in [3.63, 3.8) is 0 Å². The first-order valence-electron chi connectivity index (χ1n) is 11.2. The van der Waals surface area contributed by atoms with Crippen LogP contribution in [0.25, 0.3) is 10.8 Å². The topological polar surface area (TPSA) is 299 Å². The number of hydrogen-bond donors (Lipinski definition) is 6. The van der Waals surface area contributed by atoms with Crippen molar-refractivity contribution in [1.29, 1.82) is 0 Å². The first-order valence-corrected chi connectivity index (χ1v) is 16.1. The van der Waals surface area contributed by atoms with Gasteiger partial charge in [-0.25, -0.2) is 0 Å². The number of non-ortho nitro benzene ring substituents is 1. The predicted octanol–water partition coefficient (Wildman–Crippen LogP) is 4.94. The van der Waals surface area contributed by atoms with Crippen molar-refractivity contribution in [2.75, 3.05) is 0 Å². The lowest BCUT2D eigenvalue weighted by atomic mass is 10.1. The molecule has 4 aromatic carbocycles. The molecule has 0 radical (unpaired) electrons. The second-order valence-electron chi connectivity index (χ2n) is 8.54. The van der Waals surface area contributed by atoms with E-state index in [1.54, 1.807) is 0 Å². The molecule has 230 valence electrons. The minimum Gasteiger partial charge on any atom is -0.505 e. The van der Waals surface area contributed by atoms with Gasteiger partial charge in [0, 0.05) is 17.2 Å². The van der Waals surface area contributed by atoms with Gasteiger partial charge in [0.2, 0.25) is 0 Å². The molecule has 4 aromatic rings. The molecule has 0 heterocycles. The Kier molecular flexibility index (Phi) is 8.57. The highest BCUT2D eigenvalue weighted by atomic mass is 35.5. The molecule has 0 saturated heterocycles. The van der Waals surface area contributed by atoms with Gasteiger partial charge < -0.3 is 20.0 Å². The molecule has 18 nitrogen and oxygen atoms in total. The number of benzene rings is 4. The van der Waals surface area contributed by atoms with Gasteiger partial charge in [0.1, 0.15) is 26.9 Å². The number of phenolic OH excluding ortho intramolecular Hbond substituents is 2. The average molecular weight is 688 g/mol. The summed E-state index contributed by atoms with van der Waals surface area (Å²) in [6.07, 6.45) is 0. The monoisotopic (exact) mass is 687 g/mol. The van der Waals surface area contributed by atoms with Crippen LogP contribution in [0.5, 0.6) is 11.5 Å². The molecule has 0 aliphatic heterocycles. The van der Waals surface area contributed by atoms with Crippen LogP contribution in [-0.2, 0) is 24.8 Å². The van der Waals surface area contributed by atoms with Gasteiger partial charge in [-0.05, 0) is 47.9 Å². The Bertz CT molecular complexity index is 2190. The number of azo groups is 2. The summed E-state index contributed by atoms with van der Waals surface area (Å²) in [5, 5.41) is 45.0. The molecular weight excluding hydrogens is 673 g/mol. The molecule has 0 aliphatic carbocycles. The Hall–Kier alpha value is -4.40. The highest BCUT2D eigenvalue weighted by Gasteiger charge is 2.29. The first kappa shape index (κ1) is 32.5. The summed E-state index contributed by atoms with van der Waals surface area (Å²) in [4.78, 5) is 27.1. The van der Waals surface area contributed by atoms with Crippen LogP contribution < -0.4 is 5.30 Å². The maximum Gasteiger partial charge on any atom is 0.358 e. The van der Waals surface area contributed by atoms with Crippen LogP contribution in [0.1, 0.15) is 0 Å². The second-order valence-corrected chi connectivity index (χ2v) is 13.3. The first-order chi connectivity index (χ1) is 20.3. The molecule has 0 unspecified atom stereocenters. The lowest BCUT2D eigenvalue weighted by molar-refractivity contribution is -0.384. The minimum atomic E-state index is -5.30. The zero-order valence-electron chi connectivity index (χ0n) is 21.1. The average Bonchev–Trinajstić information content (AvgIpc) is 2.90. The molecular formula is C22H15ClN5O13PS2. The predicted molar refractivity (Wildman–Crippen MR) is 151 cm³/mol. The fourth-order valence-corrected chi connectivity index (χ4v) is 6.00. The van der Waals surface area contributed by atoms with Crippen LogP contribution >= 0.6 is 19.2 Å². The number of rotatable bonds is 8. The third-order valence-corrected chi connectivity index (χ3v) is 8.60. The van der Waals surface area contributed by atoms with Gasteiger partial charge in [-0.15, -0.1) is 15.3 Å². The summed E-state index contributed by atoms with van der Waals surface area (Å²) in [5.41, 5.74) is -2.98. The number of phenols is 2. The molecule has 0 fully saturated rings. The van der Waals surface area contributed by atoms with Crippen molar-refractivity contribution in [3.8, 4) is 11.5 Å². The van der Waals surface area contributed by atoms with Gasteiger partial charge in [0.15, 0.2) is 11.5 Å². The Morgan fingerprint density at radius 2 is 1.27 bits per heavy atom. The van der Waals surface area contributed by atoms with Crippen LogP contribution in [-0.4, -0.2) is 50.9 Å². The van der Waals surface area contributed by atoms with Crippen molar-refractivity contribution in [3.05, 3.63) is 69.7 Å². The zero-order valence-corrected chi connectivity index (χ0v) is 24.4. The molecule has 0 saturated carbocycles. The van der Waals surface area contributed by atoms with Crippen molar-refractivity contribution >= 4 is 83.9 Å². The molecule has 44 heavy (non-hydrogen) atoms. The van der Waals surface area contributed by atoms with Gasteiger partial charge in [0.25, 0.3) is 25.9 Å². The fourth-order valence-electron chi connectivity index (χ4n) is 3.71. The summed E-state index contributed by atoms with van der Waals surface area (Å²) in [5.74, 6) is -2.43. The molecule has 0 spiro atoms. The molecule has 0 aromatic heterocycles. The van der Waals surface area contributed by atoms with E-state index >= 15 is 0 Å². The summed E-state index contributed by atoms with van der Waals surface area (Å²) in [7, 11) is -15.6. The van der Waals surface area contributed by atoms with Crippen molar-refractivity contribution < 1.29 is 55.4 Å². The van der Waals surface area contributed by atoms with Gasteiger partial charge in [-0.1, -0.05) is 11.6 Å². The van der Waals surface area contributed by atoms with E-state index in [0.717, 1.165) is 42.5 Å². The van der Waals surface area contributed by atoms with Gasteiger partial charge >= 0.3 is 7.60 Å². The molecule has 6 N–H and O–H groups in total. The summed E-state index contributed by atoms with van der Waals surface area (Å²) in [6.45, 7) is 0. The van der Waals surface area contributed by atoms with Crippen LogP contribution in [0.2, 0.25) is 5.02 Å². The van der Waals surface area contributed by atoms with Crippen LogP contribution in [0.3, 0.4) is 0 Å². The lowest BCUT2D eigenvalue weighted by Crippen LogP contribution is -2.04. The van der Waals surface area contributed by atoms with Crippen molar-refractivity contribution in [2.45, 2.75) is 9.79 Å². The van der Waals surface area contributed by atoms with E-state index in [4.69, 9.17) is 11.6 Å². The maximum absolute atomic E-state index is 12.2. The highest BCUT2D eigenvalue weighted by molar-refractivity contribution is 7.86. The van der Waals surface area contributed by atoms with Gasteiger partial charge in [-0.2, -0.15) is 21.9 Å². The molecule has 0 bridgehead atoms. The Morgan fingerprint density at radius 3 is 1.73 bits per heavy atom. The maximum atomic E-state index is 12.2. The number of fused-ring (bicyclic) bond motifs is 1. The number of nitro benzene ring substituents is 1. The van der Waals surface area contributed by atoms with Gasteiger partial charge in [-0.3, -0.25) is 23.8 Å². The largest absolute Gasteiger partial charge is 0.505 e. The fraction of sp³-hybridized carbons (Fsp3) is 0. The number of hydrogen-bond acceptors (Lipinski definition) is 13. The molecule has 0 amide bonds. The van der Waals surface area contributed by atoms with E-state index in [2.05, 4.69) is 20.5 Å². The van der Waals surface area contributed by atoms with Crippen LogP contribution in [0.15, 0.2) is 84.8 Å². The summed E-state index contributed by atoms with van der Waals surface area (Å²) in [6, 6.07) is 8.44. The van der Waals surface area contributed by atoms with Crippen molar-refractivity contribution in [1.82, 2.24) is 0 Å². The third-order valence-electron chi connectivity index (χ3n) is 5.64. The Balaban J connectivity index is 2.01.